The number of para-hydroxylation sites is 1. The van der Waals surface area contributed by atoms with E-state index in [1.165, 1.54) is 0 Å². The van der Waals surface area contributed by atoms with Gasteiger partial charge in [-0.1, -0.05) is 55.5 Å². The predicted molar refractivity (Wildman–Crippen MR) is 94.5 cm³/mol. The standard InChI is InChI=1S/C20H22N2O2/c1-2-18(15-9-5-3-6-10-15)21-20(24)16-13-19(23)22(14-16)17-11-7-4-8-12-17/h3-12,16,18H,2,13-14H2,1H3,(H,21,24)/t16-,18+/m1/s1. The molecule has 1 aliphatic rings. The molecule has 0 unspecified atom stereocenters. The normalized spacial score (nSPS) is 18.5. The van der Waals surface area contributed by atoms with E-state index in [2.05, 4.69) is 5.32 Å². The molecule has 24 heavy (non-hydrogen) atoms. The first-order valence-electron chi connectivity index (χ1n) is 8.39. The Morgan fingerprint density at radius 2 is 1.75 bits per heavy atom. The van der Waals surface area contributed by atoms with Crippen LogP contribution in [0.3, 0.4) is 0 Å². The van der Waals surface area contributed by atoms with Gasteiger partial charge in [-0.05, 0) is 24.1 Å². The first kappa shape index (κ1) is 16.2. The van der Waals surface area contributed by atoms with Crippen molar-refractivity contribution in [3.8, 4) is 0 Å². The van der Waals surface area contributed by atoms with E-state index in [1.54, 1.807) is 4.90 Å². The Morgan fingerprint density at radius 1 is 1.12 bits per heavy atom. The van der Waals surface area contributed by atoms with Crippen molar-refractivity contribution >= 4 is 17.5 Å². The molecule has 0 bridgehead atoms. The molecule has 0 saturated carbocycles. The lowest BCUT2D eigenvalue weighted by atomic mass is 10.0. The molecule has 4 heteroatoms. The lowest BCUT2D eigenvalue weighted by Crippen LogP contribution is -2.35. The van der Waals surface area contributed by atoms with E-state index in [0.29, 0.717) is 6.54 Å². The monoisotopic (exact) mass is 322 g/mol. The van der Waals surface area contributed by atoms with Crippen molar-refractivity contribution in [3.05, 3.63) is 66.2 Å². The van der Waals surface area contributed by atoms with Crippen molar-refractivity contribution < 1.29 is 9.59 Å². The van der Waals surface area contributed by atoms with Gasteiger partial charge >= 0.3 is 0 Å². The van der Waals surface area contributed by atoms with Gasteiger partial charge in [0.05, 0.1) is 12.0 Å². The Morgan fingerprint density at radius 3 is 2.38 bits per heavy atom. The fraction of sp³-hybridized carbons (Fsp3) is 0.300. The Kier molecular flexibility index (Phi) is 4.94. The molecule has 2 aromatic carbocycles. The second-order valence-corrected chi connectivity index (χ2v) is 6.12. The van der Waals surface area contributed by atoms with Gasteiger partial charge in [0.1, 0.15) is 0 Å². The minimum absolute atomic E-state index is 0.00843. The maximum Gasteiger partial charge on any atom is 0.227 e. The maximum absolute atomic E-state index is 12.6. The minimum Gasteiger partial charge on any atom is -0.349 e. The summed E-state index contributed by atoms with van der Waals surface area (Å²) in [4.78, 5) is 26.6. The lowest BCUT2D eigenvalue weighted by molar-refractivity contribution is -0.127. The molecule has 0 aromatic heterocycles. The highest BCUT2D eigenvalue weighted by Crippen LogP contribution is 2.26. The molecule has 0 spiro atoms. The van der Waals surface area contributed by atoms with Crippen LogP contribution < -0.4 is 10.2 Å². The number of benzene rings is 2. The summed E-state index contributed by atoms with van der Waals surface area (Å²) in [6, 6.07) is 19.5. The second-order valence-electron chi connectivity index (χ2n) is 6.12. The molecule has 3 rings (SSSR count). The van der Waals surface area contributed by atoms with Crippen LogP contribution in [-0.4, -0.2) is 18.4 Å². The quantitative estimate of drug-likeness (QED) is 0.918. The maximum atomic E-state index is 12.6. The van der Waals surface area contributed by atoms with Crippen molar-refractivity contribution in [1.82, 2.24) is 5.32 Å². The average Bonchev–Trinajstić information content (AvgIpc) is 3.03. The zero-order valence-electron chi connectivity index (χ0n) is 13.8. The highest BCUT2D eigenvalue weighted by molar-refractivity contribution is 6.00. The van der Waals surface area contributed by atoms with Crippen molar-refractivity contribution in [2.75, 3.05) is 11.4 Å². The molecular weight excluding hydrogens is 300 g/mol. The highest BCUT2D eigenvalue weighted by atomic mass is 16.2. The van der Waals surface area contributed by atoms with E-state index >= 15 is 0 Å². The van der Waals surface area contributed by atoms with Gasteiger partial charge in [-0.3, -0.25) is 9.59 Å². The number of rotatable bonds is 5. The van der Waals surface area contributed by atoms with Crippen molar-refractivity contribution in [3.63, 3.8) is 0 Å². The van der Waals surface area contributed by atoms with Crippen molar-refractivity contribution in [2.24, 2.45) is 5.92 Å². The molecule has 1 heterocycles. The molecule has 4 nitrogen and oxygen atoms in total. The number of nitrogens with one attached hydrogen (secondary N) is 1. The topological polar surface area (TPSA) is 49.4 Å². The summed E-state index contributed by atoms with van der Waals surface area (Å²) < 4.78 is 0. The molecular formula is C20H22N2O2. The molecule has 1 saturated heterocycles. The van der Waals surface area contributed by atoms with Gasteiger partial charge in [0.15, 0.2) is 0 Å². The van der Waals surface area contributed by atoms with Crippen LogP contribution in [0.4, 0.5) is 5.69 Å². The smallest absolute Gasteiger partial charge is 0.227 e. The molecule has 2 aromatic rings. The number of nitrogens with zero attached hydrogens (tertiary/aromatic N) is 1. The van der Waals surface area contributed by atoms with Gasteiger partial charge in [-0.25, -0.2) is 0 Å². The van der Waals surface area contributed by atoms with Crippen LogP contribution in [0.15, 0.2) is 60.7 Å². The van der Waals surface area contributed by atoms with Crippen LogP contribution in [0.5, 0.6) is 0 Å². The minimum atomic E-state index is -0.296. The summed E-state index contributed by atoms with van der Waals surface area (Å²) in [6.45, 7) is 2.49. The van der Waals surface area contributed by atoms with Crippen LogP contribution in [0.25, 0.3) is 0 Å². The molecule has 0 aliphatic carbocycles. The van der Waals surface area contributed by atoms with E-state index in [1.807, 2.05) is 67.6 Å². The lowest BCUT2D eigenvalue weighted by Gasteiger charge is -2.20. The third-order valence-electron chi connectivity index (χ3n) is 4.49. The number of hydrogen-bond acceptors (Lipinski definition) is 2. The molecule has 1 aliphatic heterocycles. The summed E-state index contributed by atoms with van der Waals surface area (Å²) in [5.41, 5.74) is 1.95. The predicted octanol–water partition coefficient (Wildman–Crippen LogP) is 3.31. The number of carbonyl (C=O) groups is 2. The summed E-state index contributed by atoms with van der Waals surface area (Å²) in [7, 11) is 0. The fourth-order valence-electron chi connectivity index (χ4n) is 3.14. The van der Waals surface area contributed by atoms with E-state index in [-0.39, 0.29) is 30.2 Å². The van der Waals surface area contributed by atoms with Crippen LogP contribution in [0.1, 0.15) is 31.4 Å². The Hall–Kier alpha value is -2.62. The first-order chi connectivity index (χ1) is 11.7. The molecule has 124 valence electrons. The molecule has 2 atom stereocenters. The van der Waals surface area contributed by atoms with Gasteiger partial charge in [0.25, 0.3) is 0 Å². The molecule has 1 N–H and O–H groups in total. The highest BCUT2D eigenvalue weighted by Gasteiger charge is 2.35. The molecule has 1 fully saturated rings. The van der Waals surface area contributed by atoms with Crippen LogP contribution in [0, 0.1) is 5.92 Å². The average molecular weight is 322 g/mol. The third-order valence-corrected chi connectivity index (χ3v) is 4.49. The van der Waals surface area contributed by atoms with Crippen LogP contribution >= 0.6 is 0 Å². The number of anilines is 1. The van der Waals surface area contributed by atoms with Gasteiger partial charge in [0, 0.05) is 18.7 Å². The number of carbonyl (C=O) groups excluding carboxylic acids is 2. The Bertz CT molecular complexity index is 700. The Labute approximate surface area is 142 Å². The Balaban J connectivity index is 1.67. The van der Waals surface area contributed by atoms with E-state index in [4.69, 9.17) is 0 Å². The van der Waals surface area contributed by atoms with Crippen molar-refractivity contribution in [1.29, 1.82) is 0 Å². The first-order valence-corrected chi connectivity index (χ1v) is 8.39. The third kappa shape index (κ3) is 3.48. The van der Waals surface area contributed by atoms with Gasteiger partial charge < -0.3 is 10.2 Å². The van der Waals surface area contributed by atoms with E-state index in [0.717, 1.165) is 17.7 Å². The summed E-state index contributed by atoms with van der Waals surface area (Å²) in [5, 5.41) is 3.10. The number of amides is 2. The van der Waals surface area contributed by atoms with Gasteiger partial charge in [-0.15, -0.1) is 0 Å². The number of hydrogen-bond donors (Lipinski definition) is 1. The zero-order valence-corrected chi connectivity index (χ0v) is 13.8. The molecule has 2 amide bonds. The van der Waals surface area contributed by atoms with Gasteiger partial charge in [0.2, 0.25) is 11.8 Å². The van der Waals surface area contributed by atoms with E-state index < -0.39 is 0 Å². The van der Waals surface area contributed by atoms with Crippen LogP contribution in [0.2, 0.25) is 0 Å². The van der Waals surface area contributed by atoms with Crippen LogP contribution in [-0.2, 0) is 9.59 Å². The fourth-order valence-corrected chi connectivity index (χ4v) is 3.14. The summed E-state index contributed by atoms with van der Waals surface area (Å²) in [5.74, 6) is -0.331. The largest absolute Gasteiger partial charge is 0.349 e. The van der Waals surface area contributed by atoms with Crippen molar-refractivity contribution in [2.45, 2.75) is 25.8 Å². The summed E-state index contributed by atoms with van der Waals surface area (Å²) in [6.07, 6.45) is 1.09. The van der Waals surface area contributed by atoms with Gasteiger partial charge in [-0.2, -0.15) is 0 Å². The van der Waals surface area contributed by atoms with E-state index in [9.17, 15) is 9.59 Å². The SMILES string of the molecule is CC[C@H](NC(=O)[C@@H]1CC(=O)N(c2ccccc2)C1)c1ccccc1. The zero-order chi connectivity index (χ0) is 16.9. The molecule has 0 radical (unpaired) electrons. The summed E-state index contributed by atoms with van der Waals surface area (Å²) >= 11 is 0. The second kappa shape index (κ2) is 7.30.